The molecular weight excluding hydrogens is 332 g/mol. The van der Waals surface area contributed by atoms with E-state index in [2.05, 4.69) is 27.0 Å². The van der Waals surface area contributed by atoms with Crippen molar-refractivity contribution in [2.24, 2.45) is 0 Å². The number of aromatic nitrogens is 1. The Morgan fingerprint density at radius 2 is 2.08 bits per heavy atom. The van der Waals surface area contributed by atoms with Crippen LogP contribution in [-0.2, 0) is 11.2 Å². The van der Waals surface area contributed by atoms with Crippen LogP contribution in [0.3, 0.4) is 0 Å². The molecule has 1 aliphatic rings. The molecular formula is C19H18N4O3. The molecule has 0 radical (unpaired) electrons. The zero-order valence-electron chi connectivity index (χ0n) is 14.0. The second-order valence-corrected chi connectivity index (χ2v) is 6.04. The van der Waals surface area contributed by atoms with Gasteiger partial charge in [0.15, 0.2) is 6.61 Å². The van der Waals surface area contributed by atoms with Crippen LogP contribution in [0.5, 0.6) is 5.75 Å². The lowest BCUT2D eigenvalue weighted by molar-refractivity contribution is -0.118. The molecule has 7 heteroatoms. The Morgan fingerprint density at radius 1 is 1.19 bits per heavy atom. The second-order valence-electron chi connectivity index (χ2n) is 6.04. The Kier molecular flexibility index (Phi) is 4.18. The molecule has 0 unspecified atom stereocenters. The number of carbonyl (C=O) groups is 2. The van der Waals surface area contributed by atoms with Crippen molar-refractivity contribution in [2.45, 2.75) is 6.42 Å². The maximum Gasteiger partial charge on any atom is 0.319 e. The van der Waals surface area contributed by atoms with E-state index < -0.39 is 0 Å². The van der Waals surface area contributed by atoms with Crippen molar-refractivity contribution >= 4 is 34.2 Å². The van der Waals surface area contributed by atoms with Crippen molar-refractivity contribution < 1.29 is 14.3 Å². The van der Waals surface area contributed by atoms with Gasteiger partial charge in [-0.15, -0.1) is 0 Å². The van der Waals surface area contributed by atoms with Crippen molar-refractivity contribution in [1.82, 2.24) is 10.3 Å². The van der Waals surface area contributed by atoms with E-state index in [0.717, 1.165) is 11.9 Å². The Hall–Kier alpha value is -3.48. The van der Waals surface area contributed by atoms with Gasteiger partial charge < -0.3 is 25.7 Å². The van der Waals surface area contributed by atoms with Crippen molar-refractivity contribution in [3.63, 3.8) is 0 Å². The van der Waals surface area contributed by atoms with Gasteiger partial charge in [0.05, 0.1) is 5.69 Å². The van der Waals surface area contributed by atoms with Crippen molar-refractivity contribution in [2.75, 3.05) is 23.8 Å². The van der Waals surface area contributed by atoms with Crippen LogP contribution in [0.25, 0.3) is 10.9 Å². The molecule has 1 aliphatic heterocycles. The lowest BCUT2D eigenvalue weighted by Crippen LogP contribution is -2.30. The van der Waals surface area contributed by atoms with E-state index in [9.17, 15) is 9.59 Å². The molecule has 0 saturated carbocycles. The summed E-state index contributed by atoms with van der Waals surface area (Å²) in [4.78, 5) is 26.6. The van der Waals surface area contributed by atoms with Crippen LogP contribution in [-0.4, -0.2) is 30.1 Å². The summed E-state index contributed by atoms with van der Waals surface area (Å²) < 4.78 is 5.34. The van der Waals surface area contributed by atoms with Gasteiger partial charge in [-0.2, -0.15) is 0 Å². The molecule has 2 aromatic carbocycles. The molecule has 4 N–H and O–H groups in total. The predicted octanol–water partition coefficient (Wildman–Crippen LogP) is 2.86. The van der Waals surface area contributed by atoms with E-state index in [4.69, 9.17) is 4.74 Å². The number of carbonyl (C=O) groups excluding carboxylic acids is 2. The number of nitrogens with one attached hydrogen (secondary N) is 4. The summed E-state index contributed by atoms with van der Waals surface area (Å²) in [5, 5.41) is 9.50. The Bertz CT molecular complexity index is 980. The molecule has 132 valence electrons. The zero-order chi connectivity index (χ0) is 17.9. The SMILES string of the molecule is O=C1COc2cc(NC(=O)NCCc3c[nH]c4ccccc34)ccc2N1. The fraction of sp³-hybridized carbons (Fsp3) is 0.158. The topological polar surface area (TPSA) is 95.2 Å². The standard InChI is InChI=1S/C19H18N4O3/c24-18-11-26-17-9-13(5-6-16(17)23-18)22-19(25)20-8-7-12-10-21-15-4-2-1-3-14(12)15/h1-6,9-10,21H,7-8,11H2,(H,23,24)(H2,20,22,25). The van der Waals surface area contributed by atoms with Crippen LogP contribution in [0.1, 0.15) is 5.56 Å². The fourth-order valence-corrected chi connectivity index (χ4v) is 2.98. The first-order chi connectivity index (χ1) is 12.7. The molecule has 0 saturated heterocycles. The van der Waals surface area contributed by atoms with Gasteiger partial charge >= 0.3 is 6.03 Å². The molecule has 3 aromatic rings. The van der Waals surface area contributed by atoms with Gasteiger partial charge in [-0.1, -0.05) is 18.2 Å². The summed E-state index contributed by atoms with van der Waals surface area (Å²) in [5.41, 5.74) is 3.46. The first kappa shape index (κ1) is 16.0. The van der Waals surface area contributed by atoms with Crippen LogP contribution >= 0.6 is 0 Å². The van der Waals surface area contributed by atoms with Crippen molar-refractivity contribution in [1.29, 1.82) is 0 Å². The quantitative estimate of drug-likeness (QED) is 0.583. The number of anilines is 2. The molecule has 0 fully saturated rings. The van der Waals surface area contributed by atoms with Gasteiger partial charge in [0, 0.05) is 35.4 Å². The summed E-state index contributed by atoms with van der Waals surface area (Å²) >= 11 is 0. The van der Waals surface area contributed by atoms with Gasteiger partial charge in [-0.25, -0.2) is 4.79 Å². The highest BCUT2D eigenvalue weighted by atomic mass is 16.5. The summed E-state index contributed by atoms with van der Waals surface area (Å²) in [6.45, 7) is 0.498. The molecule has 0 aliphatic carbocycles. The number of hydrogen-bond donors (Lipinski definition) is 4. The Labute approximate surface area is 149 Å². The number of H-pyrrole nitrogens is 1. The van der Waals surface area contributed by atoms with Crippen molar-refractivity contribution in [3.8, 4) is 5.75 Å². The van der Waals surface area contributed by atoms with Crippen molar-refractivity contribution in [3.05, 3.63) is 54.2 Å². The number of para-hydroxylation sites is 1. The maximum absolute atomic E-state index is 12.1. The molecule has 1 aromatic heterocycles. The number of benzene rings is 2. The van der Waals surface area contributed by atoms with Gasteiger partial charge in [-0.05, 0) is 30.2 Å². The first-order valence-electron chi connectivity index (χ1n) is 8.35. The van der Waals surface area contributed by atoms with E-state index in [1.54, 1.807) is 18.2 Å². The zero-order valence-corrected chi connectivity index (χ0v) is 14.0. The van der Waals surface area contributed by atoms with Crippen LogP contribution in [0.2, 0.25) is 0 Å². The van der Waals surface area contributed by atoms with Crippen LogP contribution in [0, 0.1) is 0 Å². The van der Waals surface area contributed by atoms with Crippen LogP contribution < -0.4 is 20.7 Å². The minimum atomic E-state index is -0.287. The average molecular weight is 350 g/mol. The van der Waals surface area contributed by atoms with Crippen LogP contribution in [0.15, 0.2) is 48.7 Å². The third kappa shape index (κ3) is 3.32. The number of rotatable bonds is 4. The second kappa shape index (κ2) is 6.79. The van der Waals surface area contributed by atoms with E-state index in [1.165, 1.54) is 10.9 Å². The minimum Gasteiger partial charge on any atom is -0.482 e. The summed E-state index contributed by atoms with van der Waals surface area (Å²) in [7, 11) is 0. The predicted molar refractivity (Wildman–Crippen MR) is 99.6 cm³/mol. The van der Waals surface area contributed by atoms with E-state index >= 15 is 0 Å². The number of urea groups is 1. The molecule has 0 bridgehead atoms. The summed E-state index contributed by atoms with van der Waals surface area (Å²) in [6.07, 6.45) is 2.70. The highest BCUT2D eigenvalue weighted by Crippen LogP contribution is 2.30. The van der Waals surface area contributed by atoms with Gasteiger partial charge in [0.2, 0.25) is 0 Å². The van der Waals surface area contributed by atoms with E-state index in [1.807, 2.05) is 24.4 Å². The lowest BCUT2D eigenvalue weighted by Gasteiger charge is -2.18. The maximum atomic E-state index is 12.1. The van der Waals surface area contributed by atoms with E-state index in [0.29, 0.717) is 23.7 Å². The van der Waals surface area contributed by atoms with Gasteiger partial charge in [0.1, 0.15) is 5.75 Å². The highest BCUT2D eigenvalue weighted by molar-refractivity contribution is 5.96. The number of ether oxygens (including phenoxy) is 1. The number of amides is 3. The third-order valence-corrected chi connectivity index (χ3v) is 4.23. The third-order valence-electron chi connectivity index (χ3n) is 4.23. The molecule has 4 rings (SSSR count). The van der Waals surface area contributed by atoms with Gasteiger partial charge in [-0.3, -0.25) is 4.79 Å². The summed E-state index contributed by atoms with van der Waals surface area (Å²) in [6, 6.07) is 12.9. The van der Waals surface area contributed by atoms with E-state index in [-0.39, 0.29) is 18.5 Å². The molecule has 0 atom stereocenters. The normalized spacial score (nSPS) is 12.8. The molecule has 0 spiro atoms. The summed E-state index contributed by atoms with van der Waals surface area (Å²) in [5.74, 6) is 0.356. The Morgan fingerprint density at radius 3 is 3.00 bits per heavy atom. The molecule has 3 amide bonds. The first-order valence-corrected chi connectivity index (χ1v) is 8.35. The number of aromatic amines is 1. The van der Waals surface area contributed by atoms with Crippen LogP contribution in [0.4, 0.5) is 16.2 Å². The largest absolute Gasteiger partial charge is 0.482 e. The lowest BCUT2D eigenvalue weighted by atomic mass is 10.1. The minimum absolute atomic E-state index is 0.0206. The number of hydrogen-bond acceptors (Lipinski definition) is 3. The monoisotopic (exact) mass is 350 g/mol. The molecule has 2 heterocycles. The smallest absolute Gasteiger partial charge is 0.319 e. The fourth-order valence-electron chi connectivity index (χ4n) is 2.98. The molecule has 26 heavy (non-hydrogen) atoms. The average Bonchev–Trinajstić information content (AvgIpc) is 3.05. The molecule has 7 nitrogen and oxygen atoms in total. The number of fused-ring (bicyclic) bond motifs is 2. The highest BCUT2D eigenvalue weighted by Gasteiger charge is 2.16. The Balaban J connectivity index is 1.32. The van der Waals surface area contributed by atoms with Gasteiger partial charge in [0.25, 0.3) is 5.91 Å².